The third kappa shape index (κ3) is 3.55. The molecular formula is C21H27FN4. The first-order valence-electron chi connectivity index (χ1n) is 9.99. The van der Waals surface area contributed by atoms with E-state index in [9.17, 15) is 4.39 Å². The molecule has 5 heteroatoms. The van der Waals surface area contributed by atoms with Crippen LogP contribution < -0.4 is 0 Å². The van der Waals surface area contributed by atoms with Gasteiger partial charge < -0.3 is 0 Å². The summed E-state index contributed by atoms with van der Waals surface area (Å²) >= 11 is 0. The topological polar surface area (TPSA) is 24.3 Å². The molecule has 4 fully saturated rings. The van der Waals surface area contributed by atoms with Gasteiger partial charge in [-0.05, 0) is 61.8 Å². The Morgan fingerprint density at radius 2 is 1.85 bits per heavy atom. The predicted octanol–water partition coefficient (Wildman–Crippen LogP) is 3.32. The van der Waals surface area contributed by atoms with Gasteiger partial charge in [-0.1, -0.05) is 0 Å². The molecule has 1 saturated carbocycles. The molecule has 4 nitrogen and oxygen atoms in total. The maximum absolute atomic E-state index is 13.1. The van der Waals surface area contributed by atoms with E-state index < -0.39 is 0 Å². The van der Waals surface area contributed by atoms with E-state index in [2.05, 4.69) is 21.1 Å². The third-order valence-corrected chi connectivity index (χ3v) is 6.23. The van der Waals surface area contributed by atoms with Crippen molar-refractivity contribution in [2.75, 3.05) is 26.2 Å². The zero-order valence-corrected chi connectivity index (χ0v) is 15.2. The third-order valence-electron chi connectivity index (χ3n) is 6.23. The van der Waals surface area contributed by atoms with E-state index in [1.54, 1.807) is 12.1 Å². The Bertz CT molecular complexity index is 752. The van der Waals surface area contributed by atoms with Crippen molar-refractivity contribution in [3.05, 3.63) is 48.0 Å². The Labute approximate surface area is 154 Å². The molecule has 1 aliphatic carbocycles. The van der Waals surface area contributed by atoms with Gasteiger partial charge in [0.1, 0.15) is 5.82 Å². The summed E-state index contributed by atoms with van der Waals surface area (Å²) in [4.78, 5) is 5.41. The molecule has 3 saturated heterocycles. The van der Waals surface area contributed by atoms with Crippen LogP contribution in [0.3, 0.4) is 0 Å². The van der Waals surface area contributed by atoms with E-state index >= 15 is 0 Å². The molecule has 4 heterocycles. The molecule has 3 aliphatic heterocycles. The molecule has 0 radical (unpaired) electrons. The summed E-state index contributed by atoms with van der Waals surface area (Å²) in [6.45, 7) is 5.99. The van der Waals surface area contributed by atoms with Crippen LogP contribution in [0.1, 0.15) is 31.2 Å². The molecular weight excluding hydrogens is 327 g/mol. The van der Waals surface area contributed by atoms with Gasteiger partial charge in [-0.2, -0.15) is 5.10 Å². The van der Waals surface area contributed by atoms with E-state index in [-0.39, 0.29) is 5.82 Å². The first kappa shape index (κ1) is 16.5. The summed E-state index contributed by atoms with van der Waals surface area (Å²) in [6, 6.07) is 7.25. The predicted molar refractivity (Wildman–Crippen MR) is 99.6 cm³/mol. The second-order valence-electron chi connectivity index (χ2n) is 8.46. The molecule has 4 aliphatic rings. The first-order chi connectivity index (χ1) is 12.7. The highest BCUT2D eigenvalue weighted by Gasteiger charge is 2.37. The van der Waals surface area contributed by atoms with Crippen LogP contribution in [0.15, 0.2) is 36.7 Å². The summed E-state index contributed by atoms with van der Waals surface area (Å²) in [6.07, 6.45) is 9.68. The van der Waals surface area contributed by atoms with E-state index in [1.807, 2.05) is 10.9 Å². The van der Waals surface area contributed by atoms with E-state index in [0.717, 1.165) is 30.1 Å². The van der Waals surface area contributed by atoms with Crippen LogP contribution in [0.2, 0.25) is 0 Å². The van der Waals surface area contributed by atoms with Gasteiger partial charge >= 0.3 is 0 Å². The van der Waals surface area contributed by atoms with Crippen LogP contribution in [0, 0.1) is 17.7 Å². The summed E-state index contributed by atoms with van der Waals surface area (Å²) in [7, 11) is 0. The van der Waals surface area contributed by atoms with Crippen molar-refractivity contribution in [1.82, 2.24) is 19.6 Å². The summed E-state index contributed by atoms with van der Waals surface area (Å²) in [5, 5.41) is 4.48. The lowest BCUT2D eigenvalue weighted by Gasteiger charge is -2.36. The molecule has 26 heavy (non-hydrogen) atoms. The Hall–Kier alpha value is -1.72. The standard InChI is InChI=1S/C21H27FN4/c22-19-4-7-20(8-5-19)26-14-18(9-23-26)11-24-10-17-3-6-21(15-24)25(13-17)12-16-1-2-16/h4-5,7-9,14,16-17,21H,1-3,6,10-13,15H2/t17-,21+/m0/s1. The van der Waals surface area contributed by atoms with Gasteiger partial charge in [0.2, 0.25) is 0 Å². The van der Waals surface area contributed by atoms with Crippen LogP contribution in [-0.2, 0) is 6.54 Å². The lowest BCUT2D eigenvalue weighted by molar-refractivity contribution is 0.125. The first-order valence-corrected chi connectivity index (χ1v) is 9.99. The minimum atomic E-state index is -0.211. The number of nitrogens with zero attached hydrogens (tertiary/aromatic N) is 4. The molecule has 138 valence electrons. The molecule has 6 rings (SSSR count). The average Bonchev–Trinajstić information content (AvgIpc) is 3.39. The number of benzene rings is 1. The Kier molecular flexibility index (Phi) is 4.29. The average molecular weight is 354 g/mol. The summed E-state index contributed by atoms with van der Waals surface area (Å²) in [5.41, 5.74) is 2.15. The van der Waals surface area contributed by atoms with Gasteiger partial charge in [-0.15, -0.1) is 0 Å². The molecule has 1 aromatic carbocycles. The fourth-order valence-electron chi connectivity index (χ4n) is 4.70. The van der Waals surface area contributed by atoms with Crippen LogP contribution in [-0.4, -0.2) is 51.8 Å². The molecule has 1 aromatic heterocycles. The van der Waals surface area contributed by atoms with E-state index in [1.165, 1.54) is 69.6 Å². The zero-order valence-electron chi connectivity index (χ0n) is 15.2. The van der Waals surface area contributed by atoms with Gasteiger partial charge in [-0.3, -0.25) is 9.80 Å². The van der Waals surface area contributed by atoms with Crippen molar-refractivity contribution >= 4 is 0 Å². The van der Waals surface area contributed by atoms with E-state index in [0.29, 0.717) is 0 Å². The van der Waals surface area contributed by atoms with Gasteiger partial charge in [0.15, 0.2) is 0 Å². The largest absolute Gasteiger partial charge is 0.299 e. The number of fused-ring (bicyclic) bond motifs is 4. The number of aromatic nitrogens is 2. The van der Waals surface area contributed by atoms with Crippen molar-refractivity contribution in [2.45, 2.75) is 38.3 Å². The minimum Gasteiger partial charge on any atom is -0.299 e. The van der Waals surface area contributed by atoms with Gasteiger partial charge in [0.25, 0.3) is 0 Å². The van der Waals surface area contributed by atoms with Crippen LogP contribution in [0.25, 0.3) is 5.69 Å². The quantitative estimate of drug-likeness (QED) is 0.823. The molecule has 0 amide bonds. The molecule has 2 aromatic rings. The second-order valence-corrected chi connectivity index (χ2v) is 8.46. The lowest BCUT2D eigenvalue weighted by Crippen LogP contribution is -2.44. The number of rotatable bonds is 5. The van der Waals surface area contributed by atoms with Crippen LogP contribution in [0.4, 0.5) is 4.39 Å². The molecule has 2 atom stereocenters. The van der Waals surface area contributed by atoms with Crippen LogP contribution >= 0.6 is 0 Å². The smallest absolute Gasteiger partial charge is 0.123 e. The zero-order chi connectivity index (χ0) is 17.5. The Morgan fingerprint density at radius 3 is 2.65 bits per heavy atom. The van der Waals surface area contributed by atoms with Crippen molar-refractivity contribution in [3.8, 4) is 5.69 Å². The highest BCUT2D eigenvalue weighted by Crippen LogP contribution is 2.35. The number of hydrogen-bond donors (Lipinski definition) is 0. The number of hydrogen-bond acceptors (Lipinski definition) is 3. The van der Waals surface area contributed by atoms with Crippen molar-refractivity contribution in [2.24, 2.45) is 11.8 Å². The molecule has 0 N–H and O–H groups in total. The van der Waals surface area contributed by atoms with Crippen molar-refractivity contribution < 1.29 is 4.39 Å². The van der Waals surface area contributed by atoms with Crippen LogP contribution in [0.5, 0.6) is 0 Å². The van der Waals surface area contributed by atoms with Crippen molar-refractivity contribution in [3.63, 3.8) is 0 Å². The number of halogens is 1. The molecule has 0 unspecified atom stereocenters. The van der Waals surface area contributed by atoms with Crippen molar-refractivity contribution in [1.29, 1.82) is 0 Å². The minimum absolute atomic E-state index is 0.211. The molecule has 0 spiro atoms. The van der Waals surface area contributed by atoms with Gasteiger partial charge in [0, 0.05) is 50.5 Å². The Morgan fingerprint density at radius 1 is 1.00 bits per heavy atom. The monoisotopic (exact) mass is 354 g/mol. The SMILES string of the molecule is Fc1ccc(-n2cc(CN3C[C@@H]4CC[C@H](C3)N(CC3CC3)C4)cn2)cc1. The van der Waals surface area contributed by atoms with Gasteiger partial charge in [-0.25, -0.2) is 9.07 Å². The normalized spacial score (nSPS) is 27.0. The highest BCUT2D eigenvalue weighted by atomic mass is 19.1. The lowest BCUT2D eigenvalue weighted by atomic mass is 9.95. The fraction of sp³-hybridized carbons (Fsp3) is 0.571. The Balaban J connectivity index is 1.26. The second kappa shape index (κ2) is 6.78. The number of piperidine rings is 1. The molecule has 2 bridgehead atoms. The summed E-state index contributed by atoms with van der Waals surface area (Å²) in [5.74, 6) is 1.59. The highest BCUT2D eigenvalue weighted by molar-refractivity contribution is 5.31. The maximum atomic E-state index is 13.1. The van der Waals surface area contributed by atoms with E-state index in [4.69, 9.17) is 0 Å². The fourth-order valence-corrected chi connectivity index (χ4v) is 4.70. The summed E-state index contributed by atoms with van der Waals surface area (Å²) < 4.78 is 15.0. The van der Waals surface area contributed by atoms with Gasteiger partial charge in [0.05, 0.1) is 11.9 Å². The maximum Gasteiger partial charge on any atom is 0.123 e.